The average Bonchev–Trinajstić information content (AvgIpc) is 2.74. The Hall–Kier alpha value is -1.27. The molecule has 0 saturated heterocycles. The van der Waals surface area contributed by atoms with Crippen LogP contribution in [0.15, 0.2) is 16.5 Å². The van der Waals surface area contributed by atoms with Gasteiger partial charge in [0.05, 0.1) is 12.7 Å². The van der Waals surface area contributed by atoms with E-state index in [4.69, 9.17) is 10.8 Å². The summed E-state index contributed by atoms with van der Waals surface area (Å²) in [6.07, 6.45) is 6.09. The van der Waals surface area contributed by atoms with Crippen LogP contribution in [0.3, 0.4) is 0 Å². The van der Waals surface area contributed by atoms with Gasteiger partial charge in [0.2, 0.25) is 0 Å². The number of hydrogen-bond donors (Lipinski definition) is 0. The van der Waals surface area contributed by atoms with E-state index in [1.807, 2.05) is 6.07 Å². The van der Waals surface area contributed by atoms with Crippen LogP contribution in [0.1, 0.15) is 38.2 Å². The Bertz CT molecular complexity index is 365. The van der Waals surface area contributed by atoms with Crippen molar-refractivity contribution in [2.75, 3.05) is 13.1 Å². The fourth-order valence-corrected chi connectivity index (χ4v) is 1.71. The first-order valence-electron chi connectivity index (χ1n) is 6.07. The minimum atomic E-state index is -0.757. The van der Waals surface area contributed by atoms with Gasteiger partial charge in [-0.15, -0.1) is 6.42 Å². The summed E-state index contributed by atoms with van der Waals surface area (Å²) in [4.78, 5) is 2.19. The minimum Gasteiger partial charge on any atom is -0.451 e. The third kappa shape index (κ3) is 5.06. The monoisotopic (exact) mass is 237 g/mol. The summed E-state index contributed by atoms with van der Waals surface area (Å²) in [5, 5.41) is 0. The summed E-state index contributed by atoms with van der Waals surface area (Å²) in [5.74, 6) is 3.85. The molecule has 1 unspecified atom stereocenters. The van der Waals surface area contributed by atoms with E-state index in [0.29, 0.717) is 18.7 Å². The maximum absolute atomic E-state index is 12.8. The van der Waals surface area contributed by atoms with Gasteiger partial charge in [0.25, 0.3) is 0 Å². The van der Waals surface area contributed by atoms with E-state index in [1.165, 1.54) is 0 Å². The van der Waals surface area contributed by atoms with Crippen molar-refractivity contribution in [2.24, 2.45) is 0 Å². The minimum absolute atomic E-state index is 0.551. The molecular weight excluding hydrogens is 217 g/mol. The van der Waals surface area contributed by atoms with Crippen LogP contribution in [0.2, 0.25) is 0 Å². The van der Waals surface area contributed by atoms with Crippen LogP contribution in [0.4, 0.5) is 4.39 Å². The topological polar surface area (TPSA) is 16.4 Å². The molecule has 0 aromatic carbocycles. The number of alkyl halides is 1. The lowest BCUT2D eigenvalue weighted by atomic mass is 10.2. The molecule has 1 atom stereocenters. The molecule has 0 fully saturated rings. The van der Waals surface area contributed by atoms with E-state index in [2.05, 4.69) is 17.7 Å². The van der Waals surface area contributed by atoms with Gasteiger partial charge in [0.15, 0.2) is 5.76 Å². The lowest BCUT2D eigenvalue weighted by Gasteiger charge is -2.20. The van der Waals surface area contributed by atoms with Gasteiger partial charge in [0.1, 0.15) is 5.76 Å². The molecule has 0 amide bonds. The molecule has 0 aliphatic rings. The van der Waals surface area contributed by atoms with Crippen LogP contribution >= 0.6 is 0 Å². The summed E-state index contributed by atoms with van der Waals surface area (Å²) in [6, 6.07) is 3.67. The first-order valence-corrected chi connectivity index (χ1v) is 6.07. The summed E-state index contributed by atoms with van der Waals surface area (Å²) in [6.45, 7) is 6.09. The first-order chi connectivity index (χ1) is 8.15. The summed E-state index contributed by atoms with van der Waals surface area (Å²) in [5.41, 5.74) is 0. The maximum atomic E-state index is 12.8. The van der Waals surface area contributed by atoms with Crippen molar-refractivity contribution in [3.8, 4) is 12.3 Å². The lowest BCUT2D eigenvalue weighted by molar-refractivity contribution is 0.211. The van der Waals surface area contributed by atoms with Gasteiger partial charge in [0, 0.05) is 6.54 Å². The number of rotatable bonds is 7. The van der Waals surface area contributed by atoms with Gasteiger partial charge in [-0.2, -0.15) is 0 Å². The number of hydrogen-bond acceptors (Lipinski definition) is 2. The molecule has 0 radical (unpaired) electrons. The maximum Gasteiger partial charge on any atom is 0.176 e. The fourth-order valence-electron chi connectivity index (χ4n) is 1.71. The number of halogens is 1. The third-order valence-corrected chi connectivity index (χ3v) is 2.57. The van der Waals surface area contributed by atoms with Gasteiger partial charge in [-0.25, -0.2) is 4.39 Å². The van der Waals surface area contributed by atoms with Gasteiger partial charge < -0.3 is 4.42 Å². The molecular formula is C14H20FNO. The molecule has 0 aliphatic carbocycles. The first kappa shape index (κ1) is 13.8. The predicted octanol–water partition coefficient (Wildman–Crippen LogP) is 3.22. The molecule has 1 aromatic heterocycles. The van der Waals surface area contributed by atoms with Crippen molar-refractivity contribution in [3.05, 3.63) is 23.7 Å². The molecule has 17 heavy (non-hydrogen) atoms. The Morgan fingerprint density at radius 1 is 1.47 bits per heavy atom. The second-order valence-corrected chi connectivity index (χ2v) is 4.26. The highest BCUT2D eigenvalue weighted by molar-refractivity contribution is 5.22. The largest absolute Gasteiger partial charge is 0.451 e. The zero-order valence-electron chi connectivity index (χ0n) is 10.6. The highest BCUT2D eigenvalue weighted by atomic mass is 19.1. The lowest BCUT2D eigenvalue weighted by Crippen LogP contribution is -2.26. The van der Waals surface area contributed by atoms with Crippen LogP contribution in [0.5, 0.6) is 0 Å². The molecule has 1 rings (SSSR count). The number of nitrogens with zero attached hydrogens (tertiary/aromatic N) is 1. The summed E-state index contributed by atoms with van der Waals surface area (Å²) in [7, 11) is 0. The molecule has 0 N–H and O–H groups in total. The Morgan fingerprint density at radius 2 is 2.24 bits per heavy atom. The zero-order valence-corrected chi connectivity index (χ0v) is 10.6. The quantitative estimate of drug-likeness (QED) is 0.677. The molecule has 2 nitrogen and oxygen atoms in total. The SMILES string of the molecule is C#Cc1ccc(CN(CCC)CCC(C)F)o1. The van der Waals surface area contributed by atoms with Crippen molar-refractivity contribution in [1.82, 2.24) is 4.90 Å². The van der Waals surface area contributed by atoms with Crippen LogP contribution < -0.4 is 0 Å². The zero-order chi connectivity index (χ0) is 12.7. The third-order valence-electron chi connectivity index (χ3n) is 2.57. The average molecular weight is 237 g/mol. The summed E-state index contributed by atoms with van der Waals surface area (Å²) < 4.78 is 18.3. The van der Waals surface area contributed by atoms with E-state index in [-0.39, 0.29) is 0 Å². The van der Waals surface area contributed by atoms with Crippen LogP contribution in [-0.2, 0) is 6.54 Å². The van der Waals surface area contributed by atoms with E-state index in [9.17, 15) is 4.39 Å². The van der Waals surface area contributed by atoms with Crippen molar-refractivity contribution >= 4 is 0 Å². The molecule has 0 aliphatic heterocycles. The second-order valence-electron chi connectivity index (χ2n) is 4.26. The van der Waals surface area contributed by atoms with Crippen LogP contribution in [0, 0.1) is 12.3 Å². The van der Waals surface area contributed by atoms with Crippen LogP contribution in [-0.4, -0.2) is 24.2 Å². The van der Waals surface area contributed by atoms with E-state index >= 15 is 0 Å². The Morgan fingerprint density at radius 3 is 2.76 bits per heavy atom. The molecule has 94 valence electrons. The van der Waals surface area contributed by atoms with Gasteiger partial charge >= 0.3 is 0 Å². The van der Waals surface area contributed by atoms with E-state index in [1.54, 1.807) is 13.0 Å². The van der Waals surface area contributed by atoms with E-state index in [0.717, 1.165) is 25.3 Å². The van der Waals surface area contributed by atoms with Crippen molar-refractivity contribution < 1.29 is 8.81 Å². The fraction of sp³-hybridized carbons (Fsp3) is 0.571. The van der Waals surface area contributed by atoms with Crippen LogP contribution in [0.25, 0.3) is 0 Å². The van der Waals surface area contributed by atoms with E-state index < -0.39 is 6.17 Å². The predicted molar refractivity (Wildman–Crippen MR) is 67.4 cm³/mol. The summed E-state index contributed by atoms with van der Waals surface area (Å²) >= 11 is 0. The molecule has 0 spiro atoms. The highest BCUT2D eigenvalue weighted by Crippen LogP contribution is 2.11. The Balaban J connectivity index is 2.50. The van der Waals surface area contributed by atoms with Gasteiger partial charge in [-0.1, -0.05) is 6.92 Å². The number of furan rings is 1. The molecule has 0 bridgehead atoms. The molecule has 0 saturated carbocycles. The Kier molecular flexibility index (Phi) is 5.79. The highest BCUT2D eigenvalue weighted by Gasteiger charge is 2.09. The smallest absolute Gasteiger partial charge is 0.176 e. The van der Waals surface area contributed by atoms with Gasteiger partial charge in [-0.3, -0.25) is 4.90 Å². The second kappa shape index (κ2) is 7.13. The van der Waals surface area contributed by atoms with Crippen molar-refractivity contribution in [2.45, 2.75) is 39.4 Å². The normalized spacial score (nSPS) is 12.6. The van der Waals surface area contributed by atoms with Crippen molar-refractivity contribution in [3.63, 3.8) is 0 Å². The standard InChI is InChI=1S/C14H20FNO/c1-4-9-16(10-8-12(3)15)11-14-7-6-13(5-2)17-14/h2,6-7,12H,4,8-11H2,1,3H3. The molecule has 3 heteroatoms. The Labute approximate surface area is 103 Å². The molecule has 1 heterocycles. The number of terminal acetylenes is 1. The van der Waals surface area contributed by atoms with Crippen molar-refractivity contribution in [1.29, 1.82) is 0 Å². The molecule has 1 aromatic rings. The van der Waals surface area contributed by atoms with Gasteiger partial charge in [-0.05, 0) is 44.4 Å².